The number of hydrogen-bond donors (Lipinski definition) is 1. The highest BCUT2D eigenvalue weighted by molar-refractivity contribution is 6.33. The molecular formula is C14H16ClNO. The zero-order valence-electron chi connectivity index (χ0n) is 10.3. The Morgan fingerprint density at radius 3 is 2.65 bits per heavy atom. The van der Waals surface area contributed by atoms with E-state index in [4.69, 9.17) is 16.0 Å². The molecular weight excluding hydrogens is 234 g/mol. The first-order chi connectivity index (χ1) is 8.11. The molecule has 1 aromatic heterocycles. The van der Waals surface area contributed by atoms with Gasteiger partial charge in [-0.3, -0.25) is 0 Å². The van der Waals surface area contributed by atoms with E-state index in [1.165, 1.54) is 0 Å². The van der Waals surface area contributed by atoms with Gasteiger partial charge >= 0.3 is 0 Å². The lowest BCUT2D eigenvalue weighted by Gasteiger charge is -2.06. The van der Waals surface area contributed by atoms with Crippen LogP contribution in [0.1, 0.15) is 24.3 Å². The Kier molecular flexibility index (Phi) is 3.55. The molecule has 0 bridgehead atoms. The molecule has 0 fully saturated rings. The minimum absolute atomic E-state index is 0.202. The van der Waals surface area contributed by atoms with Crippen molar-refractivity contribution in [2.24, 2.45) is 0 Å². The largest absolute Gasteiger partial charge is 0.459 e. The van der Waals surface area contributed by atoms with Gasteiger partial charge in [-0.2, -0.15) is 0 Å². The van der Waals surface area contributed by atoms with Gasteiger partial charge in [0, 0.05) is 5.56 Å². The molecule has 0 saturated carbocycles. The van der Waals surface area contributed by atoms with Crippen LogP contribution in [0.15, 0.2) is 34.7 Å². The highest BCUT2D eigenvalue weighted by Crippen LogP contribution is 2.31. The van der Waals surface area contributed by atoms with E-state index < -0.39 is 0 Å². The van der Waals surface area contributed by atoms with Crippen molar-refractivity contribution in [1.82, 2.24) is 5.32 Å². The van der Waals surface area contributed by atoms with Gasteiger partial charge in [0.05, 0.1) is 11.1 Å². The lowest BCUT2D eigenvalue weighted by atomic mass is 10.1. The minimum Gasteiger partial charge on any atom is -0.459 e. The summed E-state index contributed by atoms with van der Waals surface area (Å²) in [6.07, 6.45) is 0. The van der Waals surface area contributed by atoms with E-state index in [-0.39, 0.29) is 6.04 Å². The fourth-order valence-corrected chi connectivity index (χ4v) is 2.02. The van der Waals surface area contributed by atoms with Crippen LogP contribution in [0, 0.1) is 6.92 Å². The van der Waals surface area contributed by atoms with E-state index >= 15 is 0 Å². The molecule has 0 aliphatic heterocycles. The molecule has 0 aliphatic carbocycles. The predicted molar refractivity (Wildman–Crippen MR) is 71.4 cm³/mol. The normalized spacial score (nSPS) is 12.7. The maximum absolute atomic E-state index is 6.21. The van der Waals surface area contributed by atoms with Gasteiger partial charge in [-0.1, -0.05) is 17.7 Å². The molecule has 1 atom stereocenters. The second-order valence-corrected chi connectivity index (χ2v) is 4.60. The van der Waals surface area contributed by atoms with Gasteiger partial charge in [0.15, 0.2) is 0 Å². The summed E-state index contributed by atoms with van der Waals surface area (Å²) in [6.45, 7) is 4.08. The van der Waals surface area contributed by atoms with Crippen molar-refractivity contribution in [2.75, 3.05) is 7.05 Å². The average Bonchev–Trinajstić information content (AvgIpc) is 2.77. The summed E-state index contributed by atoms with van der Waals surface area (Å²) in [4.78, 5) is 0. The van der Waals surface area contributed by atoms with Crippen LogP contribution in [0.4, 0.5) is 0 Å². The number of hydrogen-bond acceptors (Lipinski definition) is 2. The second-order valence-electron chi connectivity index (χ2n) is 4.20. The molecule has 1 N–H and O–H groups in total. The van der Waals surface area contributed by atoms with Crippen LogP contribution >= 0.6 is 11.6 Å². The van der Waals surface area contributed by atoms with Crippen LogP contribution < -0.4 is 5.32 Å². The predicted octanol–water partition coefficient (Wildman–Crippen LogP) is 4.19. The Labute approximate surface area is 107 Å². The molecule has 2 aromatic rings. The molecule has 2 rings (SSSR count). The van der Waals surface area contributed by atoms with Crippen molar-refractivity contribution in [3.05, 3.63) is 46.7 Å². The monoisotopic (exact) mass is 249 g/mol. The SMILES string of the molecule is CNC(C)c1ccc(-c2ccc(C)cc2Cl)o1. The van der Waals surface area contributed by atoms with Crippen molar-refractivity contribution < 1.29 is 4.42 Å². The van der Waals surface area contributed by atoms with Crippen LogP contribution in [0.2, 0.25) is 5.02 Å². The zero-order chi connectivity index (χ0) is 12.4. The summed E-state index contributed by atoms with van der Waals surface area (Å²) in [5.74, 6) is 1.73. The van der Waals surface area contributed by atoms with Gasteiger partial charge in [0.2, 0.25) is 0 Å². The van der Waals surface area contributed by atoms with Gasteiger partial charge in [0.25, 0.3) is 0 Å². The maximum atomic E-state index is 6.21. The highest BCUT2D eigenvalue weighted by atomic mass is 35.5. The standard InChI is InChI=1S/C14H16ClNO/c1-9-4-5-11(12(15)8-9)14-7-6-13(17-14)10(2)16-3/h4-8,10,16H,1-3H3. The molecule has 17 heavy (non-hydrogen) atoms. The fraction of sp³-hybridized carbons (Fsp3) is 0.286. The number of benzene rings is 1. The second kappa shape index (κ2) is 4.94. The summed E-state index contributed by atoms with van der Waals surface area (Å²) >= 11 is 6.21. The van der Waals surface area contributed by atoms with Crippen molar-refractivity contribution >= 4 is 11.6 Å². The Morgan fingerprint density at radius 2 is 2.00 bits per heavy atom. The Balaban J connectivity index is 2.37. The molecule has 1 aromatic carbocycles. The topological polar surface area (TPSA) is 25.2 Å². The quantitative estimate of drug-likeness (QED) is 0.883. The third-order valence-electron chi connectivity index (χ3n) is 2.88. The number of nitrogens with one attached hydrogen (secondary N) is 1. The first-order valence-corrected chi connectivity index (χ1v) is 6.03. The number of rotatable bonds is 3. The van der Waals surface area contributed by atoms with Gasteiger partial charge in [-0.25, -0.2) is 0 Å². The molecule has 3 heteroatoms. The molecule has 0 saturated heterocycles. The van der Waals surface area contributed by atoms with E-state index in [1.807, 2.05) is 44.3 Å². The van der Waals surface area contributed by atoms with Gasteiger partial charge < -0.3 is 9.73 Å². The lowest BCUT2D eigenvalue weighted by molar-refractivity contribution is 0.458. The lowest BCUT2D eigenvalue weighted by Crippen LogP contribution is -2.10. The van der Waals surface area contributed by atoms with Crippen molar-refractivity contribution in [1.29, 1.82) is 0 Å². The smallest absolute Gasteiger partial charge is 0.135 e. The van der Waals surface area contributed by atoms with Crippen LogP contribution in [0.25, 0.3) is 11.3 Å². The molecule has 0 amide bonds. The maximum Gasteiger partial charge on any atom is 0.135 e. The van der Waals surface area contributed by atoms with Crippen LogP contribution in [0.5, 0.6) is 0 Å². The first-order valence-electron chi connectivity index (χ1n) is 5.65. The average molecular weight is 250 g/mol. The number of halogens is 1. The molecule has 90 valence electrons. The molecule has 1 heterocycles. The van der Waals surface area contributed by atoms with Gasteiger partial charge in [0.1, 0.15) is 11.5 Å². The summed E-state index contributed by atoms with van der Waals surface area (Å²) < 4.78 is 5.80. The van der Waals surface area contributed by atoms with Crippen molar-refractivity contribution in [2.45, 2.75) is 19.9 Å². The summed E-state index contributed by atoms with van der Waals surface area (Å²) in [6, 6.07) is 10.1. The minimum atomic E-state index is 0.202. The molecule has 0 aliphatic rings. The van der Waals surface area contributed by atoms with E-state index in [1.54, 1.807) is 0 Å². The van der Waals surface area contributed by atoms with Gasteiger partial charge in [-0.15, -0.1) is 0 Å². The van der Waals surface area contributed by atoms with Crippen molar-refractivity contribution in [3.8, 4) is 11.3 Å². The van der Waals surface area contributed by atoms with E-state index in [9.17, 15) is 0 Å². The Morgan fingerprint density at radius 1 is 1.24 bits per heavy atom. The molecule has 0 radical (unpaired) electrons. The summed E-state index contributed by atoms with van der Waals surface area (Å²) in [5.41, 5.74) is 2.08. The number of furan rings is 1. The van der Waals surface area contributed by atoms with Crippen molar-refractivity contribution in [3.63, 3.8) is 0 Å². The zero-order valence-corrected chi connectivity index (χ0v) is 11.0. The first kappa shape index (κ1) is 12.2. The molecule has 2 nitrogen and oxygen atoms in total. The van der Waals surface area contributed by atoms with Crippen LogP contribution in [-0.4, -0.2) is 7.05 Å². The Hall–Kier alpha value is -1.25. The third-order valence-corrected chi connectivity index (χ3v) is 3.19. The van der Waals surface area contributed by atoms with Crippen LogP contribution in [0.3, 0.4) is 0 Å². The van der Waals surface area contributed by atoms with E-state index in [0.717, 1.165) is 27.7 Å². The summed E-state index contributed by atoms with van der Waals surface area (Å²) in [5, 5.41) is 3.87. The van der Waals surface area contributed by atoms with Gasteiger partial charge in [-0.05, 0) is 50.7 Å². The van der Waals surface area contributed by atoms with E-state index in [2.05, 4.69) is 12.2 Å². The number of aryl methyl sites for hydroxylation is 1. The fourth-order valence-electron chi connectivity index (χ4n) is 1.69. The third kappa shape index (κ3) is 2.54. The summed E-state index contributed by atoms with van der Waals surface area (Å²) in [7, 11) is 1.91. The van der Waals surface area contributed by atoms with E-state index in [0.29, 0.717) is 0 Å². The molecule has 0 spiro atoms. The highest BCUT2D eigenvalue weighted by Gasteiger charge is 2.11. The van der Waals surface area contributed by atoms with Crippen LogP contribution in [-0.2, 0) is 0 Å². The Bertz CT molecular complexity index is 519. The molecule has 1 unspecified atom stereocenters.